The Hall–Kier alpha value is -7.10. The van der Waals surface area contributed by atoms with E-state index in [0.717, 1.165) is 37.3 Å². The van der Waals surface area contributed by atoms with Crippen LogP contribution in [-0.4, -0.2) is 108 Å². The van der Waals surface area contributed by atoms with Crippen molar-refractivity contribution >= 4 is 17.1 Å². The predicted octanol–water partition coefficient (Wildman–Crippen LogP) is 7.68. The number of furan rings is 1. The van der Waals surface area contributed by atoms with E-state index in [9.17, 15) is 9.18 Å². The van der Waals surface area contributed by atoms with Crippen molar-refractivity contribution in [3.05, 3.63) is 127 Å². The highest BCUT2D eigenvalue weighted by atomic mass is 19.1. The first-order chi connectivity index (χ1) is 31.3. The van der Waals surface area contributed by atoms with Crippen molar-refractivity contribution in [1.82, 2.24) is 29.7 Å². The first kappa shape index (κ1) is 42.2. The largest absolute Gasteiger partial charge is 0.496 e. The van der Waals surface area contributed by atoms with Gasteiger partial charge in [0.1, 0.15) is 65.6 Å². The number of rotatable bonds is 10. The summed E-state index contributed by atoms with van der Waals surface area (Å²) >= 11 is 0. The number of benzene rings is 4. The summed E-state index contributed by atoms with van der Waals surface area (Å²) < 4.78 is 58.1. The van der Waals surface area contributed by atoms with Gasteiger partial charge in [0.25, 0.3) is 0 Å². The third kappa shape index (κ3) is 9.45. The summed E-state index contributed by atoms with van der Waals surface area (Å²) in [5, 5.41) is 0.422. The van der Waals surface area contributed by atoms with Crippen molar-refractivity contribution in [2.75, 3.05) is 60.1 Å². The average Bonchev–Trinajstić information content (AvgIpc) is 3.72. The normalized spacial score (nSPS) is 16.9. The van der Waals surface area contributed by atoms with E-state index in [1.807, 2.05) is 66.7 Å². The molecule has 0 amide bonds. The number of halogens is 1. The molecule has 4 aromatic carbocycles. The number of aromatic nitrogens is 4. The smallest absolute Gasteiger partial charge is 0.347 e. The molecule has 0 N–H and O–H groups in total. The van der Waals surface area contributed by atoms with Gasteiger partial charge in [0.2, 0.25) is 17.7 Å². The number of carbonyl (C=O) groups is 1. The molecular formula is C49H47FN6O8. The molecule has 0 radical (unpaired) electrons. The van der Waals surface area contributed by atoms with Crippen LogP contribution in [0.5, 0.6) is 28.9 Å². The van der Waals surface area contributed by atoms with E-state index in [1.54, 1.807) is 38.4 Å². The van der Waals surface area contributed by atoms with Gasteiger partial charge in [0.15, 0.2) is 5.82 Å². The van der Waals surface area contributed by atoms with E-state index < -0.39 is 17.9 Å². The van der Waals surface area contributed by atoms with Crippen LogP contribution in [0.15, 0.2) is 114 Å². The Morgan fingerprint density at radius 3 is 2.44 bits per heavy atom. The molecule has 328 valence electrons. The molecule has 3 aliphatic heterocycles. The number of fused-ring (bicyclic) bond motifs is 7. The first-order valence-corrected chi connectivity index (χ1v) is 21.2. The van der Waals surface area contributed by atoms with Crippen LogP contribution in [0, 0.1) is 5.82 Å². The van der Waals surface area contributed by atoms with Gasteiger partial charge in [0.05, 0.1) is 25.0 Å². The number of hydrogen-bond acceptors (Lipinski definition) is 14. The highest BCUT2D eigenvalue weighted by Gasteiger charge is 2.30. The van der Waals surface area contributed by atoms with Crippen LogP contribution in [0.25, 0.3) is 44.9 Å². The van der Waals surface area contributed by atoms with Crippen molar-refractivity contribution in [3.63, 3.8) is 0 Å². The molecule has 10 rings (SSSR count). The topological polar surface area (TPSA) is 144 Å². The Labute approximate surface area is 369 Å². The SMILES string of the molecule is CCOC(=O)[C@H]1Cc2cc(ccc2OCc2ccnc(-c3ccccc3OC)n2)OC[C@@H](CN2CCN(C)CC2)Oc2ccc(cc2)-c2c(-c3ccc(F)cc3)oc3ncnc(c23)O1. The number of ether oxygens (including phenoxy) is 6. The molecule has 3 aromatic heterocycles. The number of methoxy groups -OCH3 is 1. The van der Waals surface area contributed by atoms with Crippen molar-refractivity contribution in [2.45, 2.75) is 32.2 Å². The zero-order chi connectivity index (χ0) is 44.0. The van der Waals surface area contributed by atoms with Crippen molar-refractivity contribution in [1.29, 1.82) is 0 Å². The minimum absolute atomic E-state index is 0.000627. The van der Waals surface area contributed by atoms with E-state index >= 15 is 0 Å². The Morgan fingerprint density at radius 2 is 1.64 bits per heavy atom. The quantitative estimate of drug-likeness (QED) is 0.124. The minimum Gasteiger partial charge on any atom is -0.496 e. The highest BCUT2D eigenvalue weighted by Crippen LogP contribution is 2.44. The second-order valence-corrected chi connectivity index (χ2v) is 15.5. The minimum atomic E-state index is -1.21. The lowest BCUT2D eigenvalue weighted by Gasteiger charge is -2.34. The van der Waals surface area contributed by atoms with E-state index in [2.05, 4.69) is 31.8 Å². The van der Waals surface area contributed by atoms with Crippen LogP contribution in [-0.2, 0) is 22.6 Å². The summed E-state index contributed by atoms with van der Waals surface area (Å²) in [5.41, 5.74) is 4.11. The third-order valence-corrected chi connectivity index (χ3v) is 11.2. The number of para-hydroxylation sites is 1. The zero-order valence-electron chi connectivity index (χ0n) is 35.7. The number of likely N-dealkylation sites (N-methyl/N-ethyl adjacent to an activating group) is 1. The number of piperazine rings is 1. The van der Waals surface area contributed by atoms with Crippen LogP contribution in [0.2, 0.25) is 0 Å². The second kappa shape index (κ2) is 19.1. The first-order valence-electron chi connectivity index (χ1n) is 21.2. The molecule has 7 aromatic rings. The van der Waals surface area contributed by atoms with Gasteiger partial charge in [-0.2, -0.15) is 0 Å². The summed E-state index contributed by atoms with van der Waals surface area (Å²) in [6, 6.07) is 28.4. The molecule has 3 aliphatic rings. The molecule has 15 heteroatoms. The fourth-order valence-electron chi connectivity index (χ4n) is 7.88. The van der Waals surface area contributed by atoms with Crippen molar-refractivity contribution in [2.24, 2.45) is 0 Å². The standard InChI is InChI=1S/C49H47FN6O8/c1-4-59-49(57)42-26-33-25-37(17-18-40(33)61-28-35-19-20-51-46(54-35)39-7-5-6-8-41(39)58-3)60-29-38(27-56-23-21-55(2)22-24-56)62-36-15-11-31(12-16-36)43-44-47(63-42)52-30-53-48(44)64-45(43)32-9-13-34(50)14-10-32/h5-20,25,30,38,42H,4,21-24,26-29H2,1-3H3/t38-,42-/m1/s1. The summed E-state index contributed by atoms with van der Waals surface area (Å²) in [6.07, 6.45) is 1.43. The van der Waals surface area contributed by atoms with Gasteiger partial charge in [-0.15, -0.1) is 0 Å². The maximum atomic E-state index is 14.2. The molecule has 14 nitrogen and oxygen atoms in total. The molecule has 64 heavy (non-hydrogen) atoms. The van der Waals surface area contributed by atoms with Gasteiger partial charge in [-0.05, 0) is 92.3 Å². The average molecular weight is 867 g/mol. The molecular weight excluding hydrogens is 820 g/mol. The fourth-order valence-corrected chi connectivity index (χ4v) is 7.88. The summed E-state index contributed by atoms with van der Waals surface area (Å²) in [7, 11) is 3.73. The molecule has 0 aliphatic carbocycles. The number of nitrogens with zero attached hydrogens (tertiary/aromatic N) is 6. The Kier molecular flexibility index (Phi) is 12.6. The van der Waals surface area contributed by atoms with Crippen LogP contribution in [0.1, 0.15) is 18.2 Å². The van der Waals surface area contributed by atoms with Gasteiger partial charge >= 0.3 is 5.97 Å². The van der Waals surface area contributed by atoms with Crippen LogP contribution < -0.4 is 23.7 Å². The lowest BCUT2D eigenvalue weighted by Crippen LogP contribution is -2.49. The van der Waals surface area contributed by atoms with E-state index in [-0.39, 0.29) is 43.9 Å². The number of esters is 1. The maximum Gasteiger partial charge on any atom is 0.347 e. The van der Waals surface area contributed by atoms with Crippen LogP contribution in [0.3, 0.4) is 0 Å². The maximum absolute atomic E-state index is 14.2. The zero-order valence-corrected chi connectivity index (χ0v) is 35.7. The predicted molar refractivity (Wildman–Crippen MR) is 236 cm³/mol. The number of hydrogen-bond donors (Lipinski definition) is 0. The van der Waals surface area contributed by atoms with Crippen molar-refractivity contribution in [3.8, 4) is 62.7 Å². The molecule has 4 bridgehead atoms. The van der Waals surface area contributed by atoms with E-state index in [0.29, 0.717) is 68.9 Å². The van der Waals surface area contributed by atoms with Gasteiger partial charge < -0.3 is 37.7 Å². The Balaban J connectivity index is 1.12. The van der Waals surface area contributed by atoms with Crippen LogP contribution >= 0.6 is 0 Å². The molecule has 1 saturated heterocycles. The summed E-state index contributed by atoms with van der Waals surface area (Å²) in [5.74, 6) is 2.30. The molecule has 1 fully saturated rings. The molecule has 0 saturated carbocycles. The van der Waals surface area contributed by atoms with Crippen LogP contribution in [0.4, 0.5) is 4.39 Å². The monoisotopic (exact) mass is 866 g/mol. The van der Waals surface area contributed by atoms with E-state index in [4.69, 9.17) is 37.8 Å². The van der Waals surface area contributed by atoms with Crippen molar-refractivity contribution < 1.29 is 42.0 Å². The number of carbonyl (C=O) groups excluding carboxylic acids is 1. The molecule has 6 heterocycles. The van der Waals surface area contributed by atoms with E-state index in [1.165, 1.54) is 18.5 Å². The summed E-state index contributed by atoms with van der Waals surface area (Å²) in [6.45, 7) is 6.50. The Morgan fingerprint density at radius 1 is 0.859 bits per heavy atom. The van der Waals surface area contributed by atoms with Gasteiger partial charge in [-0.25, -0.2) is 29.1 Å². The lowest BCUT2D eigenvalue weighted by molar-refractivity contribution is -0.151. The van der Waals surface area contributed by atoms with Gasteiger partial charge in [0, 0.05) is 62.0 Å². The molecule has 2 atom stereocenters. The highest BCUT2D eigenvalue weighted by molar-refractivity contribution is 6.03. The molecule has 0 spiro atoms. The van der Waals surface area contributed by atoms with Gasteiger partial charge in [-0.3, -0.25) is 4.90 Å². The lowest BCUT2D eigenvalue weighted by atomic mass is 9.99. The molecule has 0 unspecified atom stereocenters. The summed E-state index contributed by atoms with van der Waals surface area (Å²) in [4.78, 5) is 37.0. The second-order valence-electron chi connectivity index (χ2n) is 15.5. The fraction of sp³-hybridized carbons (Fsp3) is 0.286. The van der Waals surface area contributed by atoms with Gasteiger partial charge in [-0.1, -0.05) is 24.3 Å². The third-order valence-electron chi connectivity index (χ3n) is 11.2. The Bertz CT molecular complexity index is 2720.